The van der Waals surface area contributed by atoms with Crippen molar-refractivity contribution >= 4 is 28.1 Å². The van der Waals surface area contributed by atoms with Crippen LogP contribution in [0.1, 0.15) is 25.5 Å². The van der Waals surface area contributed by atoms with Gasteiger partial charge in [-0.1, -0.05) is 6.07 Å². The number of hydrogen-bond acceptors (Lipinski definition) is 4. The van der Waals surface area contributed by atoms with Gasteiger partial charge < -0.3 is 14.8 Å². The standard InChI is InChI=1S/C30H29F2N5/c1-19(2)37-29-14-5-20(18-36(3)4)15-27(29)35-28-16-25(33-23-10-6-21(31)7-11-23)26(17-30(28)37)34-24-12-8-22(32)9-13-24/h5-17,19,33H,18H2,1-4H3. The van der Waals surface area contributed by atoms with Crippen molar-refractivity contribution < 1.29 is 8.78 Å². The molecule has 7 heteroatoms. The molecule has 0 saturated carbocycles. The van der Waals surface area contributed by atoms with Crippen molar-refractivity contribution in [1.29, 1.82) is 0 Å². The van der Waals surface area contributed by atoms with Gasteiger partial charge in [-0.05, 0) is 106 Å². The number of nitrogens with zero attached hydrogens (tertiary/aromatic N) is 4. The minimum atomic E-state index is -0.316. The zero-order valence-corrected chi connectivity index (χ0v) is 21.3. The van der Waals surface area contributed by atoms with Crippen LogP contribution in [0.3, 0.4) is 0 Å². The summed E-state index contributed by atoms with van der Waals surface area (Å²) in [5.74, 6) is -0.621. The molecule has 1 aliphatic heterocycles. The van der Waals surface area contributed by atoms with E-state index in [9.17, 15) is 8.78 Å². The molecule has 5 rings (SSSR count). The van der Waals surface area contributed by atoms with Crippen LogP contribution in [-0.4, -0.2) is 28.5 Å². The van der Waals surface area contributed by atoms with Crippen LogP contribution in [0.5, 0.6) is 0 Å². The van der Waals surface area contributed by atoms with Gasteiger partial charge in [0.15, 0.2) is 0 Å². The van der Waals surface area contributed by atoms with Crippen LogP contribution in [0.4, 0.5) is 25.8 Å². The van der Waals surface area contributed by atoms with E-state index in [1.165, 1.54) is 29.8 Å². The van der Waals surface area contributed by atoms with Crippen molar-refractivity contribution in [3.8, 4) is 11.4 Å². The van der Waals surface area contributed by atoms with Crippen LogP contribution < -0.4 is 10.7 Å². The van der Waals surface area contributed by atoms with E-state index in [1.54, 1.807) is 24.3 Å². The fourth-order valence-corrected chi connectivity index (χ4v) is 4.53. The van der Waals surface area contributed by atoms with E-state index in [0.717, 1.165) is 40.3 Å². The molecule has 1 N–H and O–H groups in total. The summed E-state index contributed by atoms with van der Waals surface area (Å²) in [4.78, 5) is 12.0. The molecule has 0 unspecified atom stereocenters. The van der Waals surface area contributed by atoms with Gasteiger partial charge in [-0.25, -0.2) is 18.8 Å². The second-order valence-corrected chi connectivity index (χ2v) is 9.71. The topological polar surface area (TPSA) is 45.5 Å². The van der Waals surface area contributed by atoms with Crippen molar-refractivity contribution in [2.75, 3.05) is 19.4 Å². The van der Waals surface area contributed by atoms with Crippen molar-refractivity contribution in [2.24, 2.45) is 4.99 Å². The maximum absolute atomic E-state index is 13.5. The fourth-order valence-electron chi connectivity index (χ4n) is 4.53. The molecule has 5 nitrogen and oxygen atoms in total. The lowest BCUT2D eigenvalue weighted by molar-refractivity contribution is 0.402. The summed E-state index contributed by atoms with van der Waals surface area (Å²) in [5.41, 5.74) is 6.96. The monoisotopic (exact) mass is 497 g/mol. The van der Waals surface area contributed by atoms with Crippen LogP contribution in [0.15, 0.2) is 83.9 Å². The van der Waals surface area contributed by atoms with E-state index in [-0.39, 0.29) is 17.7 Å². The van der Waals surface area contributed by atoms with Crippen LogP contribution in [0.2, 0.25) is 0 Å². The highest BCUT2D eigenvalue weighted by Crippen LogP contribution is 2.31. The fraction of sp³-hybridized carbons (Fsp3) is 0.200. The minimum absolute atomic E-state index is 0.169. The number of aromatic nitrogens is 2. The first-order chi connectivity index (χ1) is 17.8. The predicted molar refractivity (Wildman–Crippen MR) is 145 cm³/mol. The smallest absolute Gasteiger partial charge is 0.123 e. The molecule has 3 aromatic carbocycles. The molecule has 1 heterocycles. The third-order valence-electron chi connectivity index (χ3n) is 6.11. The normalized spacial score (nSPS) is 12.3. The van der Waals surface area contributed by atoms with Crippen LogP contribution in [0, 0.1) is 11.6 Å². The average Bonchev–Trinajstić information content (AvgIpc) is 2.85. The van der Waals surface area contributed by atoms with Gasteiger partial charge in [-0.3, -0.25) is 0 Å². The third kappa shape index (κ3) is 5.37. The van der Waals surface area contributed by atoms with Gasteiger partial charge in [0.05, 0.1) is 39.2 Å². The van der Waals surface area contributed by atoms with E-state index in [2.05, 4.69) is 46.8 Å². The van der Waals surface area contributed by atoms with E-state index >= 15 is 0 Å². The van der Waals surface area contributed by atoms with E-state index in [0.29, 0.717) is 11.0 Å². The van der Waals surface area contributed by atoms with Gasteiger partial charge in [-0.2, -0.15) is 0 Å². The molecule has 0 bridgehead atoms. The second kappa shape index (κ2) is 10.1. The first-order valence-corrected chi connectivity index (χ1v) is 12.2. The molecule has 2 aliphatic rings. The van der Waals surface area contributed by atoms with Crippen molar-refractivity contribution in [1.82, 2.24) is 14.5 Å². The largest absolute Gasteiger partial charge is 0.354 e. The number of anilines is 2. The number of nitrogens with one attached hydrogen (secondary N) is 1. The number of rotatable bonds is 6. The zero-order chi connectivity index (χ0) is 26.1. The molecule has 0 amide bonds. The van der Waals surface area contributed by atoms with Crippen molar-refractivity contribution in [3.05, 3.63) is 101 Å². The Hall–Kier alpha value is -4.10. The Bertz CT molecular complexity index is 1590. The predicted octanol–water partition coefficient (Wildman–Crippen LogP) is 7.04. The van der Waals surface area contributed by atoms with Crippen LogP contribution in [0.25, 0.3) is 22.4 Å². The maximum atomic E-state index is 13.5. The maximum Gasteiger partial charge on any atom is 0.123 e. The molecule has 0 radical (unpaired) electrons. The Labute approximate surface area is 215 Å². The second-order valence-electron chi connectivity index (χ2n) is 9.71. The lowest BCUT2D eigenvalue weighted by Crippen LogP contribution is -2.17. The number of hydrogen-bond donors (Lipinski definition) is 1. The molecular formula is C30H29F2N5. The molecule has 3 aromatic rings. The van der Waals surface area contributed by atoms with Gasteiger partial charge in [0, 0.05) is 18.3 Å². The Morgan fingerprint density at radius 1 is 0.892 bits per heavy atom. The molecule has 0 saturated heterocycles. The Balaban J connectivity index is 1.76. The number of fused-ring (bicyclic) bond motifs is 2. The molecular weight excluding hydrogens is 468 g/mol. The van der Waals surface area contributed by atoms with Crippen LogP contribution >= 0.6 is 0 Å². The highest BCUT2D eigenvalue weighted by atomic mass is 19.1. The summed E-state index contributed by atoms with van der Waals surface area (Å²) in [7, 11) is 4.09. The summed E-state index contributed by atoms with van der Waals surface area (Å²) in [6.45, 7) is 5.12. The molecule has 0 fully saturated rings. The van der Waals surface area contributed by atoms with Gasteiger partial charge in [-0.15, -0.1) is 0 Å². The van der Waals surface area contributed by atoms with Gasteiger partial charge >= 0.3 is 0 Å². The molecule has 0 spiro atoms. The molecule has 0 aromatic heterocycles. The van der Waals surface area contributed by atoms with Crippen molar-refractivity contribution in [2.45, 2.75) is 26.4 Å². The highest BCUT2D eigenvalue weighted by Gasteiger charge is 2.17. The van der Waals surface area contributed by atoms with Gasteiger partial charge in [0.1, 0.15) is 11.6 Å². The molecule has 0 atom stereocenters. The van der Waals surface area contributed by atoms with Gasteiger partial charge in [0.25, 0.3) is 0 Å². The SMILES string of the molecule is CC(C)n1c2cc(=Nc3ccc(F)cc3)c(Nc3ccc(F)cc3)cc-2nc2cc(CN(C)C)ccc21. The summed E-state index contributed by atoms with van der Waals surface area (Å²) in [6.07, 6.45) is 0. The Morgan fingerprint density at radius 2 is 1.57 bits per heavy atom. The zero-order valence-electron chi connectivity index (χ0n) is 21.3. The third-order valence-corrected chi connectivity index (χ3v) is 6.11. The Kier molecular flexibility index (Phi) is 6.72. The lowest BCUT2D eigenvalue weighted by atomic mass is 10.1. The number of benzene rings is 4. The Morgan fingerprint density at radius 3 is 2.22 bits per heavy atom. The quantitative estimate of drug-likeness (QED) is 0.256. The number of halogens is 2. The van der Waals surface area contributed by atoms with E-state index in [4.69, 9.17) is 9.98 Å². The average molecular weight is 498 g/mol. The summed E-state index contributed by atoms with van der Waals surface area (Å²) in [5, 5.41) is 4.04. The summed E-state index contributed by atoms with van der Waals surface area (Å²) in [6, 6.07) is 22.8. The van der Waals surface area contributed by atoms with Crippen LogP contribution in [-0.2, 0) is 6.54 Å². The first-order valence-electron chi connectivity index (χ1n) is 12.2. The highest BCUT2D eigenvalue weighted by molar-refractivity contribution is 5.83. The molecule has 188 valence electrons. The van der Waals surface area contributed by atoms with Crippen molar-refractivity contribution in [3.63, 3.8) is 0 Å². The van der Waals surface area contributed by atoms with E-state index < -0.39 is 0 Å². The molecule has 37 heavy (non-hydrogen) atoms. The van der Waals surface area contributed by atoms with Gasteiger partial charge in [0.2, 0.25) is 0 Å². The van der Waals surface area contributed by atoms with E-state index in [1.807, 2.05) is 26.2 Å². The summed E-state index contributed by atoms with van der Waals surface area (Å²) < 4.78 is 29.3. The summed E-state index contributed by atoms with van der Waals surface area (Å²) >= 11 is 0. The first kappa shape index (κ1) is 24.6. The minimum Gasteiger partial charge on any atom is -0.354 e. The lowest BCUT2D eigenvalue weighted by Gasteiger charge is -2.23. The molecule has 1 aliphatic carbocycles.